The Bertz CT molecular complexity index is 2580. The monoisotopic (exact) mass is 756 g/mol. The highest BCUT2D eigenvalue weighted by molar-refractivity contribution is 7.63. The maximum Gasteiger partial charge on any atom is 0.326 e. The van der Waals surface area contributed by atoms with Crippen molar-refractivity contribution in [3.8, 4) is 22.6 Å². The van der Waals surface area contributed by atoms with Crippen molar-refractivity contribution < 1.29 is 18.1 Å². The first-order valence-electron chi connectivity index (χ1n) is 18.6. The van der Waals surface area contributed by atoms with Crippen molar-refractivity contribution in [2.45, 2.75) is 26.2 Å². The molecule has 2 atom stereocenters. The molecule has 55 heavy (non-hydrogen) atoms. The molecule has 8 rings (SSSR count). The molecule has 0 saturated heterocycles. The molecule has 0 fully saturated rings. The fraction of sp³-hybridized carbons (Fsp3) is 0.102. The number of fused-ring (bicyclic) bond motifs is 3. The van der Waals surface area contributed by atoms with Crippen LogP contribution in [-0.2, 0) is 9.05 Å². The third kappa shape index (κ3) is 8.14. The maximum absolute atomic E-state index is 7.09. The van der Waals surface area contributed by atoms with Crippen LogP contribution in [0.3, 0.4) is 0 Å². The zero-order chi connectivity index (χ0) is 37.4. The van der Waals surface area contributed by atoms with Crippen LogP contribution in [0.1, 0.15) is 24.8 Å². The van der Waals surface area contributed by atoms with Gasteiger partial charge in [-0.05, 0) is 93.6 Å². The first kappa shape index (κ1) is 36.5. The van der Waals surface area contributed by atoms with Crippen LogP contribution in [-0.4, -0.2) is 7.11 Å². The fourth-order valence-corrected chi connectivity index (χ4v) is 10.1. The summed E-state index contributed by atoms with van der Waals surface area (Å²) in [7, 11) is -1.61. The number of hydrogen-bond donors (Lipinski definition) is 0. The van der Waals surface area contributed by atoms with E-state index in [0.29, 0.717) is 6.42 Å². The third-order valence-electron chi connectivity index (χ3n) is 9.72. The van der Waals surface area contributed by atoms with Crippen LogP contribution in [0.5, 0.6) is 11.5 Å². The van der Waals surface area contributed by atoms with Gasteiger partial charge in [0.1, 0.15) is 17.3 Å². The van der Waals surface area contributed by atoms with Gasteiger partial charge in [0.05, 0.1) is 10.6 Å². The normalized spacial score (nSPS) is 17.0. The van der Waals surface area contributed by atoms with Gasteiger partial charge in [0.25, 0.3) is 8.38 Å². The Morgan fingerprint density at radius 1 is 0.473 bits per heavy atom. The molecule has 6 heteroatoms. The van der Waals surface area contributed by atoms with Crippen molar-refractivity contribution in [2.24, 2.45) is 0 Å². The minimum atomic E-state index is -1.69. The molecule has 7 aromatic carbocycles. The van der Waals surface area contributed by atoms with E-state index in [0.717, 1.165) is 73.6 Å². The van der Waals surface area contributed by atoms with E-state index in [9.17, 15) is 0 Å². The molecule has 2 unspecified atom stereocenters. The molecule has 0 bridgehead atoms. The van der Waals surface area contributed by atoms with E-state index in [1.165, 1.54) is 16.2 Å². The molecular formula is C49H42O4P2. The predicted octanol–water partition coefficient (Wildman–Crippen LogP) is 13.6. The van der Waals surface area contributed by atoms with Crippen molar-refractivity contribution in [1.82, 2.24) is 0 Å². The topological polar surface area (TPSA) is 36.9 Å². The van der Waals surface area contributed by atoms with Gasteiger partial charge in [0.15, 0.2) is 0 Å². The number of hydrogen-bond acceptors (Lipinski definition) is 4. The molecule has 0 heterocycles. The van der Waals surface area contributed by atoms with Gasteiger partial charge in [-0.2, -0.15) is 0 Å². The van der Waals surface area contributed by atoms with E-state index in [2.05, 4.69) is 177 Å². The molecule has 1 aliphatic carbocycles. The highest BCUT2D eigenvalue weighted by atomic mass is 31.2. The average Bonchev–Trinajstić information content (AvgIpc) is 3.29. The molecular weight excluding hydrogens is 714 g/mol. The van der Waals surface area contributed by atoms with E-state index in [1.54, 1.807) is 7.11 Å². The quantitative estimate of drug-likeness (QED) is 0.103. The first-order chi connectivity index (χ1) is 27.2. The van der Waals surface area contributed by atoms with E-state index >= 15 is 0 Å². The van der Waals surface area contributed by atoms with Crippen molar-refractivity contribution in [3.63, 3.8) is 0 Å². The third-order valence-corrected chi connectivity index (χ3v) is 12.9. The summed E-state index contributed by atoms with van der Waals surface area (Å²) in [5.41, 5.74) is 3.22. The lowest BCUT2D eigenvalue weighted by Crippen LogP contribution is -2.26. The number of benzene rings is 7. The predicted molar refractivity (Wildman–Crippen MR) is 234 cm³/mol. The summed E-state index contributed by atoms with van der Waals surface area (Å²) < 4.78 is 27.4. The molecule has 0 aliphatic heterocycles. The van der Waals surface area contributed by atoms with Crippen molar-refractivity contribution >= 4 is 59.7 Å². The summed E-state index contributed by atoms with van der Waals surface area (Å²) in [6.07, 6.45) is 17.2. The maximum atomic E-state index is 7.09. The molecule has 0 N–H and O–H groups in total. The second-order valence-electron chi connectivity index (χ2n) is 13.2. The van der Waals surface area contributed by atoms with Gasteiger partial charge in [0.2, 0.25) is 0 Å². The Hall–Kier alpha value is -5.50. The SMILES string of the molecule is COP(Oc1ccc2ccccc2c1-c1cccc2ccccc12)c1ccccc1P(O/C1=C/C/C=C\C=C/C/C=C\C1)Oc1ccc2ccccc2c1C. The van der Waals surface area contributed by atoms with Crippen LogP contribution in [0.4, 0.5) is 0 Å². The average molecular weight is 757 g/mol. The first-order valence-corrected chi connectivity index (χ1v) is 20.9. The van der Waals surface area contributed by atoms with Gasteiger partial charge < -0.3 is 18.1 Å². The van der Waals surface area contributed by atoms with E-state index in [-0.39, 0.29) is 0 Å². The number of allylic oxidation sites excluding steroid dienone is 7. The van der Waals surface area contributed by atoms with Gasteiger partial charge in [-0.3, -0.25) is 0 Å². The van der Waals surface area contributed by atoms with Gasteiger partial charge in [-0.15, -0.1) is 0 Å². The second-order valence-corrected chi connectivity index (χ2v) is 16.1. The summed E-state index contributed by atoms with van der Waals surface area (Å²) in [5.74, 6) is 2.40. The Morgan fingerprint density at radius 3 is 1.82 bits per heavy atom. The van der Waals surface area contributed by atoms with E-state index < -0.39 is 16.8 Å². The van der Waals surface area contributed by atoms with Crippen LogP contribution in [0.15, 0.2) is 188 Å². The Kier molecular flexibility index (Phi) is 11.5. The minimum Gasteiger partial charge on any atom is -0.443 e. The van der Waals surface area contributed by atoms with Gasteiger partial charge in [-0.25, -0.2) is 0 Å². The Balaban J connectivity index is 1.22. The van der Waals surface area contributed by atoms with Gasteiger partial charge in [0, 0.05) is 19.1 Å². The lowest BCUT2D eigenvalue weighted by Gasteiger charge is -2.26. The van der Waals surface area contributed by atoms with Gasteiger partial charge in [-0.1, -0.05) is 152 Å². The van der Waals surface area contributed by atoms with Crippen molar-refractivity contribution in [1.29, 1.82) is 0 Å². The largest absolute Gasteiger partial charge is 0.443 e. The molecule has 4 nitrogen and oxygen atoms in total. The standard InChI is InChI=1S/C49H42O4P2/c1-36-41-26-14-11-21-38(41)32-34-45(36)52-55(51-40-24-9-7-5-3-4-6-8-10-25-40)48-31-18-17-30-47(48)54(50-2)53-46-35-33-39-22-13-16-28-43(39)49(46)44-29-19-23-37-20-12-15-27-42(37)44/h3-5,7-8,10-24,26-35H,6,9,25H2,1-2H3/b4-3-,7-5-,10-8-,40-24+. The van der Waals surface area contributed by atoms with E-state index in [1.807, 2.05) is 12.1 Å². The lowest BCUT2D eigenvalue weighted by atomic mass is 9.93. The molecule has 0 aromatic heterocycles. The van der Waals surface area contributed by atoms with Crippen LogP contribution in [0, 0.1) is 6.92 Å². The summed E-state index contributed by atoms with van der Waals surface area (Å²) in [6, 6.07) is 48.5. The van der Waals surface area contributed by atoms with Gasteiger partial charge >= 0.3 is 8.38 Å². The second kappa shape index (κ2) is 17.3. The van der Waals surface area contributed by atoms with Crippen LogP contribution in [0.25, 0.3) is 43.4 Å². The zero-order valence-corrected chi connectivity index (χ0v) is 32.8. The molecule has 7 aromatic rings. The summed E-state index contributed by atoms with van der Waals surface area (Å²) in [6.45, 7) is 2.11. The molecule has 0 spiro atoms. The highest BCUT2D eigenvalue weighted by Crippen LogP contribution is 2.49. The van der Waals surface area contributed by atoms with E-state index in [4.69, 9.17) is 18.1 Å². The summed E-state index contributed by atoms with van der Waals surface area (Å²) in [4.78, 5) is 0. The van der Waals surface area contributed by atoms with Crippen molar-refractivity contribution in [3.05, 3.63) is 193 Å². The molecule has 0 amide bonds. The van der Waals surface area contributed by atoms with Crippen molar-refractivity contribution in [2.75, 3.05) is 7.11 Å². The smallest absolute Gasteiger partial charge is 0.326 e. The van der Waals surface area contributed by atoms with Crippen LogP contribution < -0.4 is 19.7 Å². The fourth-order valence-electron chi connectivity index (χ4n) is 6.96. The molecule has 0 saturated carbocycles. The molecule has 0 radical (unpaired) electrons. The summed E-state index contributed by atoms with van der Waals surface area (Å²) >= 11 is 0. The molecule has 272 valence electrons. The molecule has 1 aliphatic rings. The van der Waals surface area contributed by atoms with Crippen LogP contribution >= 0.6 is 16.8 Å². The van der Waals surface area contributed by atoms with Crippen LogP contribution in [0.2, 0.25) is 0 Å². The lowest BCUT2D eigenvalue weighted by molar-refractivity contribution is 0.401. The number of aryl methyl sites for hydroxylation is 1. The Labute approximate surface area is 325 Å². The number of rotatable bonds is 10. The highest BCUT2D eigenvalue weighted by Gasteiger charge is 2.30. The zero-order valence-electron chi connectivity index (χ0n) is 31.0. The summed E-state index contributed by atoms with van der Waals surface area (Å²) in [5, 5.41) is 8.73. The Morgan fingerprint density at radius 2 is 1.05 bits per heavy atom. The minimum absolute atomic E-state index is 0.657.